The molecule has 4 atom stereocenters. The molecule has 115 heavy (non-hydrogen) atoms. The van der Waals surface area contributed by atoms with Gasteiger partial charge in [-0.2, -0.15) is 10.5 Å². The Morgan fingerprint density at radius 2 is 0.939 bits per heavy atom. The zero-order valence-electron chi connectivity index (χ0n) is 67.3. The summed E-state index contributed by atoms with van der Waals surface area (Å²) in [5.41, 5.74) is 32.1. The topological polar surface area (TPSA) is 328 Å². The van der Waals surface area contributed by atoms with E-state index in [1.165, 1.54) is 44.9 Å². The largest absolute Gasteiger partial charge is 0.491 e. The number of carbonyl (C=O) groups excluding carboxylic acids is 4. The minimum Gasteiger partial charge on any atom is -0.491 e. The molecule has 13 aliphatic rings. The van der Waals surface area contributed by atoms with E-state index in [0.29, 0.717) is 47.5 Å². The molecule has 4 amide bonds. The number of amides is 4. The van der Waals surface area contributed by atoms with Crippen LogP contribution in [0.2, 0.25) is 0 Å². The van der Waals surface area contributed by atoms with E-state index in [4.69, 9.17) is 61.6 Å². The van der Waals surface area contributed by atoms with E-state index < -0.39 is 22.2 Å². The summed E-state index contributed by atoms with van der Waals surface area (Å²) in [6.45, 7) is 8.91. The van der Waals surface area contributed by atoms with Crippen LogP contribution in [0.1, 0.15) is 198 Å². The number of aliphatic imine (C=N–C) groups is 4. The summed E-state index contributed by atoms with van der Waals surface area (Å²) in [5, 5.41) is 20.3. The van der Waals surface area contributed by atoms with Crippen molar-refractivity contribution < 1.29 is 42.9 Å². The van der Waals surface area contributed by atoms with Crippen LogP contribution in [0.3, 0.4) is 0 Å². The highest BCUT2D eigenvalue weighted by Gasteiger charge is 2.72. The lowest BCUT2D eigenvalue weighted by Gasteiger charge is -2.47. The lowest BCUT2D eigenvalue weighted by Crippen LogP contribution is -2.55. The standard InChI is InChI=1S/2C25H28N4O2S.C24H33N3O4.C15H16BrN3O/c1-15(2)29-22(30)25(28-23(29)27)20-11-17(21-10-16(13-26)14-32-21)4-5-18(20)12-24(25)8-6-19(31-3)7-9-24;1-15(2)29-22(30)25(28-23(29)27)20-12-16(21-7-6-19(14-26)32-21)4-5-17(20)13-24(25)10-8-18(31-3)9-11-24;1-29-12-13-31-19-7-6-16-15-23(10-8-18(30-2)9-11-23)24(20(16)14-19)21(28)27(22(25)26-24)17-4-3-5-17;1-19-12(20)15(18-13(19)17)11-7-10(16)4-3-9(11)8-14(15)5-2-6-14/h4-5,10-11,14-15,19H,6-9,12H2,1-3H3,(H2,27,28);4-7,12,15,18H,8-11,13H2,1-3H3,(H2,27,28);6-7,14,17-18H,3-5,8-13,15H2,1-2H3,(H2,25,26);3-4,7H,2,5-6,8H2,1H3,(H2,17,18). The van der Waals surface area contributed by atoms with E-state index in [9.17, 15) is 29.7 Å². The van der Waals surface area contributed by atoms with Crippen LogP contribution in [-0.4, -0.2) is 152 Å². The first-order valence-corrected chi connectivity index (χ1v) is 43.3. The molecule has 0 radical (unpaired) electrons. The molecule has 23 nitrogen and oxygen atoms in total. The number of thiophene rings is 2. The molecular weight excluding hydrogens is 1550 g/mol. The summed E-state index contributed by atoms with van der Waals surface area (Å²) in [5.74, 6) is 2.22. The number of fused-ring (bicyclic) bond motifs is 12. The summed E-state index contributed by atoms with van der Waals surface area (Å²) in [6, 6.07) is 35.3. The second-order valence-corrected chi connectivity index (χ2v) is 37.6. The third-order valence-electron chi connectivity index (χ3n) is 28.6. The molecule has 0 bridgehead atoms. The average Bonchev–Trinajstić information content (AvgIpc) is 1.54. The maximum absolute atomic E-state index is 14.2. The molecule has 6 heterocycles. The zero-order chi connectivity index (χ0) is 81.1. The minimum atomic E-state index is -0.985. The smallest absolute Gasteiger partial charge is 0.262 e. The fourth-order valence-electron chi connectivity index (χ4n) is 22.3. The van der Waals surface area contributed by atoms with Gasteiger partial charge >= 0.3 is 0 Å². The van der Waals surface area contributed by atoms with Crippen LogP contribution in [0.15, 0.2) is 121 Å². The highest BCUT2D eigenvalue weighted by atomic mass is 79.9. The third kappa shape index (κ3) is 12.3. The zero-order valence-corrected chi connectivity index (χ0v) is 70.5. The second kappa shape index (κ2) is 30.3. The Kier molecular flexibility index (Phi) is 21.0. The number of likely N-dealkylation sites (N-methyl/N-ethyl adjacent to an activating group) is 1. The van der Waals surface area contributed by atoms with E-state index >= 15 is 0 Å². The Balaban J connectivity index is 0.000000117. The Bertz CT molecular complexity index is 4920. The molecule has 5 saturated carbocycles. The van der Waals surface area contributed by atoms with Gasteiger partial charge in [0.15, 0.2) is 46.0 Å². The van der Waals surface area contributed by atoms with E-state index in [-0.39, 0.29) is 81.7 Å². The summed E-state index contributed by atoms with van der Waals surface area (Å²) in [7, 11) is 8.69. The number of hydrogen-bond donors (Lipinski definition) is 4. The third-order valence-corrected chi connectivity index (χ3v) is 31.1. The number of benzene rings is 4. The van der Waals surface area contributed by atoms with Crippen LogP contribution in [0.4, 0.5) is 0 Å². The molecular formula is C89H105BrN14O9S2. The molecule has 8 N–H and O–H groups in total. The van der Waals surface area contributed by atoms with E-state index in [1.54, 1.807) is 61.5 Å². The van der Waals surface area contributed by atoms with Crippen molar-refractivity contribution in [3.63, 3.8) is 0 Å². The predicted octanol–water partition coefficient (Wildman–Crippen LogP) is 13.3. The van der Waals surface area contributed by atoms with Crippen LogP contribution >= 0.6 is 38.6 Å². The number of nitriles is 2. The summed E-state index contributed by atoms with van der Waals surface area (Å²) in [6.07, 6.45) is 21.4. The van der Waals surface area contributed by atoms with Crippen molar-refractivity contribution in [3.05, 3.63) is 156 Å². The minimum absolute atomic E-state index is 0.000611. The van der Waals surface area contributed by atoms with Crippen LogP contribution in [0, 0.1) is 44.3 Å². The number of halogens is 1. The molecule has 9 aliphatic carbocycles. The van der Waals surface area contributed by atoms with Crippen molar-refractivity contribution >= 4 is 86.1 Å². The van der Waals surface area contributed by atoms with Gasteiger partial charge in [0.2, 0.25) is 0 Å². The van der Waals surface area contributed by atoms with Gasteiger partial charge in [-0.25, -0.2) is 20.0 Å². The Labute approximate surface area is 690 Å². The number of methoxy groups -OCH3 is 4. The quantitative estimate of drug-likeness (QED) is 0.0827. The second-order valence-electron chi connectivity index (χ2n) is 34.7. The lowest BCUT2D eigenvalue weighted by atomic mass is 9.57. The Morgan fingerprint density at radius 3 is 1.35 bits per heavy atom. The van der Waals surface area contributed by atoms with Gasteiger partial charge in [-0.1, -0.05) is 58.7 Å². The van der Waals surface area contributed by atoms with Gasteiger partial charge in [0.1, 0.15) is 29.4 Å². The van der Waals surface area contributed by atoms with E-state index in [1.807, 2.05) is 69.5 Å². The first kappa shape index (κ1) is 80.0. The van der Waals surface area contributed by atoms with Crippen molar-refractivity contribution in [2.24, 2.45) is 64.6 Å². The molecule has 4 unspecified atom stereocenters. The van der Waals surface area contributed by atoms with Gasteiger partial charge in [-0.3, -0.25) is 38.8 Å². The number of nitrogens with zero attached hydrogens (tertiary/aromatic N) is 10. The molecule has 8 spiro atoms. The molecule has 4 aromatic carbocycles. The molecule has 4 aliphatic heterocycles. The van der Waals surface area contributed by atoms with Gasteiger partial charge in [0.05, 0.1) is 30.5 Å². The molecule has 2 aromatic heterocycles. The first-order chi connectivity index (χ1) is 55.2. The number of hydrogen-bond acceptors (Lipinski definition) is 21. The van der Waals surface area contributed by atoms with Gasteiger partial charge < -0.3 is 46.6 Å². The summed E-state index contributed by atoms with van der Waals surface area (Å²) in [4.78, 5) is 84.5. The van der Waals surface area contributed by atoms with Gasteiger partial charge in [-0.05, 0) is 273 Å². The van der Waals surface area contributed by atoms with Crippen molar-refractivity contribution in [3.8, 4) is 38.8 Å². The van der Waals surface area contributed by atoms with Gasteiger partial charge in [0, 0.05) is 94.9 Å². The molecule has 5 fully saturated rings. The number of nitrogens with two attached hydrogens (primary N) is 4. The normalized spacial score (nSPS) is 30.1. The highest BCUT2D eigenvalue weighted by Crippen LogP contribution is 2.68. The maximum atomic E-state index is 14.2. The number of guanidine groups is 4. The van der Waals surface area contributed by atoms with Gasteiger partial charge in [0.25, 0.3) is 23.6 Å². The molecule has 0 saturated heterocycles. The number of carbonyl (C=O) groups is 4. The molecule has 26 heteroatoms. The average molecular weight is 1660 g/mol. The van der Waals surface area contributed by atoms with Crippen molar-refractivity contribution in [1.29, 1.82) is 10.5 Å². The summed E-state index contributed by atoms with van der Waals surface area (Å²) >= 11 is 6.53. The number of ether oxygens (including phenoxy) is 5. The molecule has 19 rings (SSSR count). The molecule has 6 aromatic rings. The van der Waals surface area contributed by atoms with E-state index in [0.717, 1.165) is 188 Å². The van der Waals surface area contributed by atoms with Gasteiger partial charge in [-0.15, -0.1) is 22.7 Å². The monoisotopic (exact) mass is 1660 g/mol. The Morgan fingerprint density at radius 1 is 0.496 bits per heavy atom. The van der Waals surface area contributed by atoms with Crippen LogP contribution in [-0.2, 0) is 86.0 Å². The van der Waals surface area contributed by atoms with Crippen molar-refractivity contribution in [1.82, 2.24) is 19.6 Å². The fourth-order valence-corrected chi connectivity index (χ4v) is 24.3. The first-order valence-electron chi connectivity index (χ1n) is 40.8. The number of rotatable bonds is 12. The highest BCUT2D eigenvalue weighted by molar-refractivity contribution is 9.10. The van der Waals surface area contributed by atoms with Crippen LogP contribution < -0.4 is 27.7 Å². The lowest BCUT2D eigenvalue weighted by molar-refractivity contribution is -0.141. The van der Waals surface area contributed by atoms with Crippen LogP contribution in [0.5, 0.6) is 5.75 Å². The SMILES string of the molecule is CN1C(=O)C2(N=C1N)c1cc(Br)ccc1CC21CCC1.COC1CCC2(CC1)Cc1ccc(-c3cc(C#N)cs3)cc1C21N=C(N)N(C(C)C)C1=O.COC1CCC2(CC1)Cc1ccc(-c3ccc(C#N)s3)cc1C21N=C(N)N(C(C)C)C1=O.COCCOc1ccc2c(c1)C1(N=C(N)N(C3CCC3)C1=O)C1(CCC(OC)CC1)C2. The van der Waals surface area contributed by atoms with Crippen LogP contribution in [0.25, 0.3) is 20.9 Å². The van der Waals surface area contributed by atoms with Crippen molar-refractivity contribution in [2.45, 2.75) is 228 Å². The fraction of sp³-hybridized carbons (Fsp3) is 0.528. The maximum Gasteiger partial charge on any atom is 0.262 e. The predicted molar refractivity (Wildman–Crippen MR) is 448 cm³/mol. The van der Waals surface area contributed by atoms with Crippen molar-refractivity contribution in [2.75, 3.05) is 48.7 Å². The molecule has 604 valence electrons. The van der Waals surface area contributed by atoms with E-state index in [2.05, 4.69) is 87.7 Å². The Hall–Kier alpha value is -8.86. The summed E-state index contributed by atoms with van der Waals surface area (Å²) < 4.78 is 28.9.